The lowest BCUT2D eigenvalue weighted by atomic mass is 10.1. The van der Waals surface area contributed by atoms with Crippen LogP contribution in [0.4, 0.5) is 0 Å². The first-order chi connectivity index (χ1) is 18.5. The molecule has 0 amide bonds. The standard InChI is InChI=1S/C32H42O6/c1-3-5-7-8-9-10-11-12-13-25-36-32(35)27-18-15-26(16-19-27)17-24-31(34)38-29-22-20-28(21-23-29)37-30(33)14-6-4-2/h15-24H,3-14,25H2,1-2H3. The Morgan fingerprint density at radius 2 is 1.21 bits per heavy atom. The van der Waals surface area contributed by atoms with Crippen molar-refractivity contribution in [3.05, 3.63) is 65.7 Å². The zero-order valence-electron chi connectivity index (χ0n) is 22.9. The normalized spacial score (nSPS) is 10.9. The zero-order valence-corrected chi connectivity index (χ0v) is 22.9. The van der Waals surface area contributed by atoms with Crippen LogP contribution in [0, 0.1) is 0 Å². The first kappa shape index (κ1) is 30.8. The summed E-state index contributed by atoms with van der Waals surface area (Å²) in [5.41, 5.74) is 1.24. The highest BCUT2D eigenvalue weighted by Crippen LogP contribution is 2.19. The van der Waals surface area contributed by atoms with Gasteiger partial charge in [-0.05, 0) is 60.9 Å². The van der Waals surface area contributed by atoms with Gasteiger partial charge in [-0.2, -0.15) is 0 Å². The number of carbonyl (C=O) groups excluding carboxylic acids is 3. The summed E-state index contributed by atoms with van der Waals surface area (Å²) < 4.78 is 15.9. The summed E-state index contributed by atoms with van der Waals surface area (Å²) in [6.07, 6.45) is 16.0. The SMILES string of the molecule is CCCCCCCCCCCOC(=O)c1ccc(C=CC(=O)Oc2ccc(OC(=O)CCCC)cc2)cc1. The summed E-state index contributed by atoms with van der Waals surface area (Å²) >= 11 is 0. The quantitative estimate of drug-likeness (QED) is 0.0852. The number of carbonyl (C=O) groups is 3. The fourth-order valence-electron chi connectivity index (χ4n) is 3.78. The van der Waals surface area contributed by atoms with Gasteiger partial charge < -0.3 is 14.2 Å². The number of benzene rings is 2. The molecular formula is C32H42O6. The van der Waals surface area contributed by atoms with Crippen molar-refractivity contribution in [1.82, 2.24) is 0 Å². The average Bonchev–Trinajstić information content (AvgIpc) is 2.93. The number of hydrogen-bond acceptors (Lipinski definition) is 6. The van der Waals surface area contributed by atoms with Gasteiger partial charge in [0.2, 0.25) is 0 Å². The third-order valence-corrected chi connectivity index (χ3v) is 6.05. The van der Waals surface area contributed by atoms with E-state index in [1.807, 2.05) is 6.92 Å². The highest BCUT2D eigenvalue weighted by Gasteiger charge is 2.08. The summed E-state index contributed by atoms with van der Waals surface area (Å²) in [5, 5.41) is 0. The van der Waals surface area contributed by atoms with Gasteiger partial charge in [0.25, 0.3) is 0 Å². The monoisotopic (exact) mass is 522 g/mol. The Bertz CT molecular complexity index is 992. The number of esters is 3. The van der Waals surface area contributed by atoms with Crippen molar-refractivity contribution < 1.29 is 28.6 Å². The van der Waals surface area contributed by atoms with Crippen LogP contribution < -0.4 is 9.47 Å². The molecule has 206 valence electrons. The molecule has 0 saturated heterocycles. The second kappa shape index (κ2) is 18.8. The van der Waals surface area contributed by atoms with Gasteiger partial charge in [0.1, 0.15) is 11.5 Å². The molecule has 0 aliphatic carbocycles. The Morgan fingerprint density at radius 3 is 1.82 bits per heavy atom. The molecule has 6 heteroatoms. The molecule has 0 bridgehead atoms. The molecule has 0 aliphatic rings. The number of rotatable bonds is 18. The molecule has 0 N–H and O–H groups in total. The van der Waals surface area contributed by atoms with Crippen LogP contribution >= 0.6 is 0 Å². The molecule has 0 saturated carbocycles. The van der Waals surface area contributed by atoms with Crippen molar-refractivity contribution in [2.45, 2.75) is 90.9 Å². The topological polar surface area (TPSA) is 78.9 Å². The van der Waals surface area contributed by atoms with Crippen LogP contribution in [0.1, 0.15) is 107 Å². The first-order valence-corrected chi connectivity index (χ1v) is 14.0. The minimum atomic E-state index is -0.540. The van der Waals surface area contributed by atoms with Gasteiger partial charge in [0.05, 0.1) is 12.2 Å². The molecule has 2 rings (SSSR count). The van der Waals surface area contributed by atoms with Crippen LogP contribution in [-0.2, 0) is 14.3 Å². The van der Waals surface area contributed by atoms with Gasteiger partial charge in [-0.3, -0.25) is 4.79 Å². The number of hydrogen-bond donors (Lipinski definition) is 0. The van der Waals surface area contributed by atoms with Crippen molar-refractivity contribution in [3.63, 3.8) is 0 Å². The van der Waals surface area contributed by atoms with E-state index >= 15 is 0 Å². The molecule has 0 aliphatic heterocycles. The van der Waals surface area contributed by atoms with Crippen LogP contribution in [0.15, 0.2) is 54.6 Å². The van der Waals surface area contributed by atoms with Gasteiger partial charge in [0, 0.05) is 12.5 Å². The van der Waals surface area contributed by atoms with Crippen molar-refractivity contribution in [1.29, 1.82) is 0 Å². The fraction of sp³-hybridized carbons (Fsp3) is 0.469. The molecule has 0 unspecified atom stereocenters. The second-order valence-corrected chi connectivity index (χ2v) is 9.39. The number of unbranched alkanes of at least 4 members (excludes halogenated alkanes) is 9. The van der Waals surface area contributed by atoms with Gasteiger partial charge in [0.15, 0.2) is 0 Å². The molecule has 0 heterocycles. The maximum atomic E-state index is 12.2. The van der Waals surface area contributed by atoms with Gasteiger partial charge in [-0.15, -0.1) is 0 Å². The third-order valence-electron chi connectivity index (χ3n) is 6.05. The first-order valence-electron chi connectivity index (χ1n) is 14.0. The van der Waals surface area contributed by atoms with E-state index in [1.54, 1.807) is 54.6 Å². The van der Waals surface area contributed by atoms with Crippen molar-refractivity contribution in [3.8, 4) is 11.5 Å². The van der Waals surface area contributed by atoms with E-state index in [-0.39, 0.29) is 11.9 Å². The van der Waals surface area contributed by atoms with Crippen molar-refractivity contribution in [2.24, 2.45) is 0 Å². The molecule has 0 atom stereocenters. The molecule has 0 spiro atoms. The highest BCUT2D eigenvalue weighted by atomic mass is 16.5. The van der Waals surface area contributed by atoms with E-state index in [0.29, 0.717) is 30.1 Å². The second-order valence-electron chi connectivity index (χ2n) is 9.39. The lowest BCUT2D eigenvalue weighted by molar-refractivity contribution is -0.134. The van der Waals surface area contributed by atoms with Crippen LogP contribution in [-0.4, -0.2) is 24.5 Å². The van der Waals surface area contributed by atoms with E-state index in [4.69, 9.17) is 14.2 Å². The van der Waals surface area contributed by atoms with Crippen molar-refractivity contribution in [2.75, 3.05) is 6.61 Å². The number of ether oxygens (including phenoxy) is 3. The minimum absolute atomic E-state index is 0.280. The van der Waals surface area contributed by atoms with Crippen LogP contribution in [0.25, 0.3) is 6.08 Å². The smallest absolute Gasteiger partial charge is 0.338 e. The van der Waals surface area contributed by atoms with E-state index in [2.05, 4.69) is 6.92 Å². The van der Waals surface area contributed by atoms with Crippen molar-refractivity contribution >= 4 is 24.0 Å². The molecule has 2 aromatic carbocycles. The molecule has 0 fully saturated rings. The molecule has 2 aromatic rings. The summed E-state index contributed by atoms with van der Waals surface area (Å²) in [6, 6.07) is 13.2. The Balaban J connectivity index is 1.66. The van der Waals surface area contributed by atoms with Gasteiger partial charge in [-0.1, -0.05) is 83.8 Å². The Morgan fingerprint density at radius 1 is 0.658 bits per heavy atom. The summed E-state index contributed by atoms with van der Waals surface area (Å²) in [5.74, 6) is -0.398. The predicted molar refractivity (Wildman–Crippen MR) is 150 cm³/mol. The maximum absolute atomic E-state index is 12.2. The summed E-state index contributed by atoms with van der Waals surface area (Å²) in [4.78, 5) is 36.1. The molecule has 0 aromatic heterocycles. The molecule has 38 heavy (non-hydrogen) atoms. The summed E-state index contributed by atoms with van der Waals surface area (Å²) in [6.45, 7) is 4.67. The predicted octanol–water partition coefficient (Wildman–Crippen LogP) is 8.09. The zero-order chi connectivity index (χ0) is 27.4. The Hall–Kier alpha value is -3.41. The largest absolute Gasteiger partial charge is 0.462 e. The maximum Gasteiger partial charge on any atom is 0.338 e. The van der Waals surface area contributed by atoms with Crippen LogP contribution in [0.3, 0.4) is 0 Å². The van der Waals surface area contributed by atoms with Gasteiger partial charge >= 0.3 is 17.9 Å². The lowest BCUT2D eigenvalue weighted by Crippen LogP contribution is -2.07. The minimum Gasteiger partial charge on any atom is -0.462 e. The average molecular weight is 523 g/mol. The lowest BCUT2D eigenvalue weighted by Gasteiger charge is -2.06. The van der Waals surface area contributed by atoms with E-state index < -0.39 is 5.97 Å². The summed E-state index contributed by atoms with van der Waals surface area (Å²) in [7, 11) is 0. The van der Waals surface area contributed by atoms with E-state index in [9.17, 15) is 14.4 Å². The molecule has 6 nitrogen and oxygen atoms in total. The fourth-order valence-corrected chi connectivity index (χ4v) is 3.78. The third kappa shape index (κ3) is 13.2. The van der Waals surface area contributed by atoms with Gasteiger partial charge in [-0.25, -0.2) is 9.59 Å². The van der Waals surface area contributed by atoms with E-state index in [1.165, 1.54) is 51.0 Å². The Labute approximate surface area is 227 Å². The highest BCUT2D eigenvalue weighted by molar-refractivity contribution is 5.91. The van der Waals surface area contributed by atoms with E-state index in [0.717, 1.165) is 31.2 Å². The molecule has 0 radical (unpaired) electrons. The Kier molecular flexibility index (Phi) is 15.2. The van der Waals surface area contributed by atoms with Crippen LogP contribution in [0.5, 0.6) is 11.5 Å². The molecular weight excluding hydrogens is 480 g/mol. The van der Waals surface area contributed by atoms with Crippen LogP contribution in [0.2, 0.25) is 0 Å².